The highest BCUT2D eigenvalue weighted by Gasteiger charge is 2.23. The van der Waals surface area contributed by atoms with Crippen LogP contribution < -0.4 is 10.5 Å². The highest BCUT2D eigenvalue weighted by molar-refractivity contribution is 7.89. The van der Waals surface area contributed by atoms with Gasteiger partial charge in [0.1, 0.15) is 17.7 Å². The van der Waals surface area contributed by atoms with Crippen LogP contribution in [0, 0.1) is 11.2 Å². The number of hydrogen-bond acceptors (Lipinski definition) is 3. The van der Waals surface area contributed by atoms with Crippen molar-refractivity contribution in [2.45, 2.75) is 10.9 Å². The molecule has 0 aliphatic rings. The van der Waals surface area contributed by atoms with E-state index in [1.54, 1.807) is 30.3 Å². The van der Waals surface area contributed by atoms with Gasteiger partial charge < -0.3 is 5.73 Å². The van der Waals surface area contributed by atoms with Gasteiger partial charge in [-0.2, -0.15) is 4.72 Å². The molecule has 2 rings (SSSR count). The lowest BCUT2D eigenvalue weighted by Gasteiger charge is -2.18. The van der Waals surface area contributed by atoms with Crippen LogP contribution in [0.1, 0.15) is 11.6 Å². The van der Waals surface area contributed by atoms with Crippen LogP contribution in [0.4, 0.5) is 4.39 Å². The van der Waals surface area contributed by atoms with E-state index in [2.05, 4.69) is 4.72 Å². The molecular formula is C14H14FN3O2S. The van der Waals surface area contributed by atoms with Crippen molar-refractivity contribution >= 4 is 15.9 Å². The zero-order valence-corrected chi connectivity index (χ0v) is 11.8. The van der Waals surface area contributed by atoms with E-state index in [-0.39, 0.29) is 10.7 Å². The van der Waals surface area contributed by atoms with Gasteiger partial charge in [-0.1, -0.05) is 36.4 Å². The number of benzene rings is 2. The fourth-order valence-electron chi connectivity index (χ4n) is 1.81. The summed E-state index contributed by atoms with van der Waals surface area (Å²) in [4.78, 5) is -0.218. The summed E-state index contributed by atoms with van der Waals surface area (Å²) in [6.07, 6.45) is 0. The van der Waals surface area contributed by atoms with Crippen molar-refractivity contribution in [2.24, 2.45) is 5.73 Å². The van der Waals surface area contributed by atoms with Crippen molar-refractivity contribution in [3.8, 4) is 0 Å². The lowest BCUT2D eigenvalue weighted by Crippen LogP contribution is -2.37. The Balaban J connectivity index is 2.35. The van der Waals surface area contributed by atoms with Crippen LogP contribution in [0.15, 0.2) is 59.5 Å². The molecule has 4 N–H and O–H groups in total. The third-order valence-electron chi connectivity index (χ3n) is 2.82. The van der Waals surface area contributed by atoms with Crippen molar-refractivity contribution in [1.82, 2.24) is 4.72 Å². The number of amidine groups is 1. The quantitative estimate of drug-likeness (QED) is 0.580. The summed E-state index contributed by atoms with van der Waals surface area (Å²) in [5, 5.41) is 7.55. The molecule has 0 aromatic heterocycles. The molecule has 0 aliphatic heterocycles. The molecule has 0 spiro atoms. The van der Waals surface area contributed by atoms with E-state index >= 15 is 0 Å². The molecular weight excluding hydrogens is 293 g/mol. The summed E-state index contributed by atoms with van der Waals surface area (Å²) >= 11 is 0. The predicted octanol–water partition coefficient (Wildman–Crippen LogP) is 1.78. The summed E-state index contributed by atoms with van der Waals surface area (Å²) in [7, 11) is -3.99. The minimum Gasteiger partial charge on any atom is -0.386 e. The van der Waals surface area contributed by atoms with Gasteiger partial charge in [0.05, 0.1) is 4.90 Å². The van der Waals surface area contributed by atoms with Crippen LogP contribution >= 0.6 is 0 Å². The van der Waals surface area contributed by atoms with Crippen LogP contribution in [0.2, 0.25) is 0 Å². The minimum absolute atomic E-state index is 0.218. The van der Waals surface area contributed by atoms with Gasteiger partial charge in [-0.3, -0.25) is 5.41 Å². The Morgan fingerprint density at radius 1 is 1.14 bits per heavy atom. The fraction of sp³-hybridized carbons (Fsp3) is 0.0714. The lowest BCUT2D eigenvalue weighted by atomic mass is 10.1. The summed E-state index contributed by atoms with van der Waals surface area (Å²) in [5.41, 5.74) is 6.00. The molecule has 2 aromatic carbocycles. The van der Waals surface area contributed by atoms with Crippen molar-refractivity contribution in [3.05, 3.63) is 66.0 Å². The Morgan fingerprint density at radius 2 is 1.81 bits per heavy atom. The van der Waals surface area contributed by atoms with Crippen molar-refractivity contribution in [2.75, 3.05) is 0 Å². The van der Waals surface area contributed by atoms with E-state index in [0.717, 1.165) is 12.1 Å². The Labute approximate surface area is 122 Å². The molecule has 0 heterocycles. The minimum atomic E-state index is -3.99. The third kappa shape index (κ3) is 3.65. The number of rotatable bonds is 5. The van der Waals surface area contributed by atoms with Gasteiger partial charge in [-0.15, -0.1) is 0 Å². The molecule has 0 bridgehead atoms. The van der Waals surface area contributed by atoms with E-state index in [1.165, 1.54) is 12.1 Å². The normalized spacial score (nSPS) is 12.8. The number of nitrogens with two attached hydrogens (primary N) is 1. The summed E-state index contributed by atoms with van der Waals surface area (Å²) in [6.45, 7) is 0. The first-order valence-electron chi connectivity index (χ1n) is 6.07. The molecule has 0 radical (unpaired) electrons. The van der Waals surface area contributed by atoms with Gasteiger partial charge >= 0.3 is 0 Å². The number of hydrogen-bond donors (Lipinski definition) is 3. The first kappa shape index (κ1) is 15.1. The van der Waals surface area contributed by atoms with Crippen molar-refractivity contribution in [1.29, 1.82) is 5.41 Å². The molecule has 1 atom stereocenters. The van der Waals surface area contributed by atoms with Gasteiger partial charge in [0.25, 0.3) is 0 Å². The van der Waals surface area contributed by atoms with E-state index in [0.29, 0.717) is 5.56 Å². The van der Waals surface area contributed by atoms with E-state index in [4.69, 9.17) is 11.1 Å². The molecule has 5 nitrogen and oxygen atoms in total. The van der Waals surface area contributed by atoms with Crippen LogP contribution in [-0.4, -0.2) is 14.3 Å². The Bertz CT molecular complexity index is 748. The molecule has 1 unspecified atom stereocenters. The number of nitrogens with one attached hydrogen (secondary N) is 2. The zero-order valence-electron chi connectivity index (χ0n) is 11.0. The first-order chi connectivity index (χ1) is 9.90. The Hall–Kier alpha value is -2.25. The second-order valence-electron chi connectivity index (χ2n) is 4.38. The second-order valence-corrected chi connectivity index (χ2v) is 6.09. The van der Waals surface area contributed by atoms with Crippen molar-refractivity contribution < 1.29 is 12.8 Å². The average molecular weight is 307 g/mol. The third-order valence-corrected chi connectivity index (χ3v) is 4.24. The Morgan fingerprint density at radius 3 is 2.38 bits per heavy atom. The molecule has 21 heavy (non-hydrogen) atoms. The van der Waals surface area contributed by atoms with Crippen LogP contribution in [0.3, 0.4) is 0 Å². The van der Waals surface area contributed by atoms with Gasteiger partial charge in [-0.25, -0.2) is 12.8 Å². The molecule has 7 heteroatoms. The van der Waals surface area contributed by atoms with E-state index < -0.39 is 21.9 Å². The average Bonchev–Trinajstić information content (AvgIpc) is 2.45. The molecule has 2 aromatic rings. The second kappa shape index (κ2) is 6.02. The molecule has 0 aliphatic carbocycles. The molecule has 0 saturated heterocycles. The van der Waals surface area contributed by atoms with E-state index in [1.807, 2.05) is 0 Å². The molecule has 110 valence electrons. The summed E-state index contributed by atoms with van der Waals surface area (Å²) in [6, 6.07) is 12.1. The lowest BCUT2D eigenvalue weighted by molar-refractivity contribution is 0.573. The predicted molar refractivity (Wildman–Crippen MR) is 77.8 cm³/mol. The number of halogens is 1. The largest absolute Gasteiger partial charge is 0.386 e. The maximum absolute atomic E-state index is 13.2. The summed E-state index contributed by atoms with van der Waals surface area (Å²) < 4.78 is 40.0. The maximum atomic E-state index is 13.2. The Kier molecular flexibility index (Phi) is 4.35. The molecule has 0 saturated carbocycles. The van der Waals surface area contributed by atoms with Gasteiger partial charge in [0, 0.05) is 0 Å². The molecule has 0 amide bonds. The van der Waals surface area contributed by atoms with Gasteiger partial charge in [0.15, 0.2) is 0 Å². The zero-order chi connectivity index (χ0) is 15.5. The van der Waals surface area contributed by atoms with Crippen molar-refractivity contribution in [3.63, 3.8) is 0 Å². The van der Waals surface area contributed by atoms with E-state index in [9.17, 15) is 12.8 Å². The summed E-state index contributed by atoms with van der Waals surface area (Å²) in [5.74, 6) is -1.00. The van der Waals surface area contributed by atoms with Crippen LogP contribution in [0.5, 0.6) is 0 Å². The van der Waals surface area contributed by atoms with Crippen LogP contribution in [0.25, 0.3) is 0 Å². The fourth-order valence-corrected chi connectivity index (χ4v) is 3.05. The first-order valence-corrected chi connectivity index (χ1v) is 7.55. The highest BCUT2D eigenvalue weighted by atomic mass is 32.2. The molecule has 0 fully saturated rings. The highest BCUT2D eigenvalue weighted by Crippen LogP contribution is 2.17. The monoisotopic (exact) mass is 307 g/mol. The van der Waals surface area contributed by atoms with Gasteiger partial charge in [0.2, 0.25) is 10.0 Å². The van der Waals surface area contributed by atoms with Gasteiger partial charge in [-0.05, 0) is 23.8 Å². The standard InChI is InChI=1S/C14H14FN3O2S/c15-11-7-4-8-12(9-11)21(19,20)18-13(14(16)17)10-5-2-1-3-6-10/h1-9,13,18H,(H3,16,17). The SMILES string of the molecule is N=C(N)C(NS(=O)(=O)c1cccc(F)c1)c1ccccc1. The van der Waals surface area contributed by atoms with Crippen LogP contribution in [-0.2, 0) is 10.0 Å². The number of sulfonamides is 1. The maximum Gasteiger partial charge on any atom is 0.241 e. The topological polar surface area (TPSA) is 96.0 Å². The smallest absolute Gasteiger partial charge is 0.241 e.